The maximum atomic E-state index is 10.9. The van der Waals surface area contributed by atoms with Gasteiger partial charge in [-0.15, -0.1) is 11.8 Å². The Labute approximate surface area is 175 Å². The predicted molar refractivity (Wildman–Crippen MR) is 116 cm³/mol. The van der Waals surface area contributed by atoms with Crippen LogP contribution in [0.1, 0.15) is 6.92 Å². The fourth-order valence-corrected chi connectivity index (χ4v) is 6.20. The lowest BCUT2D eigenvalue weighted by Crippen LogP contribution is -2.67. The molecule has 2 saturated heterocycles. The van der Waals surface area contributed by atoms with Crippen molar-refractivity contribution in [2.24, 2.45) is 5.41 Å². The molecule has 0 amide bonds. The summed E-state index contributed by atoms with van der Waals surface area (Å²) in [5.74, 6) is 1.06. The van der Waals surface area contributed by atoms with Gasteiger partial charge < -0.3 is 14.7 Å². The molecule has 148 valence electrons. The van der Waals surface area contributed by atoms with Gasteiger partial charge in [-0.3, -0.25) is 4.90 Å². The van der Waals surface area contributed by atoms with E-state index in [0.29, 0.717) is 12.0 Å². The van der Waals surface area contributed by atoms with Gasteiger partial charge in [0.1, 0.15) is 0 Å². The first-order chi connectivity index (χ1) is 13.7. The highest BCUT2D eigenvalue weighted by Gasteiger charge is 2.49. The number of anilines is 2. The second-order valence-electron chi connectivity index (χ2n) is 8.06. The Bertz CT molecular complexity index is 863. The van der Waals surface area contributed by atoms with E-state index in [9.17, 15) is 5.11 Å². The minimum Gasteiger partial charge on any atom is -0.390 e. The van der Waals surface area contributed by atoms with Gasteiger partial charge in [0.25, 0.3) is 0 Å². The zero-order valence-electron chi connectivity index (χ0n) is 16.1. The van der Waals surface area contributed by atoms with Crippen LogP contribution >= 0.6 is 23.5 Å². The number of β-amino-alcohol motifs (C(OH)–C–C–N with tert-alkyl or cyclic N) is 1. The predicted octanol–water partition coefficient (Wildman–Crippen LogP) is 4.09. The fourth-order valence-electron chi connectivity index (χ4n) is 4.43. The van der Waals surface area contributed by atoms with Crippen LogP contribution in [0.2, 0.25) is 0 Å². The SMILES string of the molecule is CCSc1ccc2c(c1)N(CC(O)CN1CC3(COC3)C1)c1ccccc1S2. The summed E-state index contributed by atoms with van der Waals surface area (Å²) < 4.78 is 5.36. The lowest BCUT2D eigenvalue weighted by molar-refractivity contribution is -0.192. The Morgan fingerprint density at radius 3 is 2.64 bits per heavy atom. The Kier molecular flexibility index (Phi) is 5.09. The molecule has 28 heavy (non-hydrogen) atoms. The number of para-hydroxylation sites is 1. The molecule has 2 aromatic rings. The van der Waals surface area contributed by atoms with Crippen LogP contribution in [0.15, 0.2) is 57.2 Å². The molecule has 1 N–H and O–H groups in total. The van der Waals surface area contributed by atoms with E-state index in [0.717, 1.165) is 38.6 Å². The number of hydrogen-bond acceptors (Lipinski definition) is 6. The van der Waals surface area contributed by atoms with E-state index in [4.69, 9.17) is 4.74 Å². The molecule has 0 aliphatic carbocycles. The highest BCUT2D eigenvalue weighted by molar-refractivity contribution is 8.00. The second-order valence-corrected chi connectivity index (χ2v) is 10.5. The first-order valence-electron chi connectivity index (χ1n) is 9.95. The van der Waals surface area contributed by atoms with Gasteiger partial charge in [0, 0.05) is 39.7 Å². The van der Waals surface area contributed by atoms with Gasteiger partial charge in [-0.05, 0) is 36.1 Å². The van der Waals surface area contributed by atoms with Crippen LogP contribution in [0.3, 0.4) is 0 Å². The minimum atomic E-state index is -0.384. The van der Waals surface area contributed by atoms with Crippen molar-refractivity contribution in [3.8, 4) is 0 Å². The molecule has 0 bridgehead atoms. The molecule has 0 radical (unpaired) electrons. The number of nitrogens with zero attached hydrogens (tertiary/aromatic N) is 2. The molecule has 3 aliphatic heterocycles. The van der Waals surface area contributed by atoms with Crippen molar-refractivity contribution >= 4 is 34.9 Å². The monoisotopic (exact) mass is 414 g/mol. The summed E-state index contributed by atoms with van der Waals surface area (Å²) in [6.07, 6.45) is -0.384. The van der Waals surface area contributed by atoms with Gasteiger partial charge in [-0.2, -0.15) is 0 Å². The van der Waals surface area contributed by atoms with E-state index in [2.05, 4.69) is 59.2 Å². The molecular weight excluding hydrogens is 388 g/mol. The maximum Gasteiger partial charge on any atom is 0.0845 e. The van der Waals surface area contributed by atoms with Crippen molar-refractivity contribution < 1.29 is 9.84 Å². The lowest BCUT2D eigenvalue weighted by Gasteiger charge is -2.55. The lowest BCUT2D eigenvalue weighted by atomic mass is 9.78. The topological polar surface area (TPSA) is 35.9 Å². The summed E-state index contributed by atoms with van der Waals surface area (Å²) >= 11 is 3.69. The van der Waals surface area contributed by atoms with Crippen LogP contribution in [0.25, 0.3) is 0 Å². The fraction of sp³-hybridized carbons (Fsp3) is 0.455. The zero-order chi connectivity index (χ0) is 19.1. The number of rotatable bonds is 6. The first kappa shape index (κ1) is 18.8. The number of thioether (sulfide) groups is 1. The van der Waals surface area contributed by atoms with Crippen molar-refractivity contribution in [2.75, 3.05) is 50.0 Å². The normalized spacial score (nSPS) is 20.9. The molecule has 6 heteroatoms. The summed E-state index contributed by atoms with van der Waals surface area (Å²) in [6, 6.07) is 15.2. The minimum absolute atomic E-state index is 0.384. The zero-order valence-corrected chi connectivity index (χ0v) is 17.8. The van der Waals surface area contributed by atoms with Gasteiger partial charge in [-0.1, -0.05) is 30.8 Å². The highest BCUT2D eigenvalue weighted by atomic mass is 32.2. The van der Waals surface area contributed by atoms with E-state index >= 15 is 0 Å². The Morgan fingerprint density at radius 2 is 1.89 bits per heavy atom. The van der Waals surface area contributed by atoms with Crippen molar-refractivity contribution in [2.45, 2.75) is 27.7 Å². The van der Waals surface area contributed by atoms with Crippen molar-refractivity contribution in [3.63, 3.8) is 0 Å². The van der Waals surface area contributed by atoms with Crippen LogP contribution in [0, 0.1) is 5.41 Å². The van der Waals surface area contributed by atoms with Crippen molar-refractivity contribution in [3.05, 3.63) is 42.5 Å². The third-order valence-electron chi connectivity index (χ3n) is 5.70. The molecule has 5 rings (SSSR count). The number of aliphatic hydroxyl groups excluding tert-OH is 1. The summed E-state index contributed by atoms with van der Waals surface area (Å²) in [4.78, 5) is 8.49. The second kappa shape index (κ2) is 7.58. The molecule has 0 saturated carbocycles. The van der Waals surface area contributed by atoms with Gasteiger partial charge >= 0.3 is 0 Å². The van der Waals surface area contributed by atoms with Gasteiger partial charge in [0.2, 0.25) is 0 Å². The van der Waals surface area contributed by atoms with E-state index in [-0.39, 0.29) is 6.10 Å². The van der Waals surface area contributed by atoms with Gasteiger partial charge in [0.05, 0.1) is 37.2 Å². The summed E-state index contributed by atoms with van der Waals surface area (Å²) in [6.45, 7) is 7.43. The molecule has 2 fully saturated rings. The molecular formula is C22H26N2O2S2. The van der Waals surface area contributed by atoms with Crippen molar-refractivity contribution in [1.29, 1.82) is 0 Å². The molecule has 1 unspecified atom stereocenters. The molecule has 3 heterocycles. The Morgan fingerprint density at radius 1 is 1.11 bits per heavy atom. The molecule has 4 nitrogen and oxygen atoms in total. The number of benzene rings is 2. The van der Waals surface area contributed by atoms with E-state index in [1.165, 1.54) is 26.1 Å². The van der Waals surface area contributed by atoms with Crippen molar-refractivity contribution in [1.82, 2.24) is 4.90 Å². The number of aliphatic hydroxyl groups is 1. The number of fused-ring (bicyclic) bond motifs is 2. The van der Waals surface area contributed by atoms with E-state index in [1.807, 2.05) is 23.5 Å². The quantitative estimate of drug-likeness (QED) is 0.718. The summed E-state index contributed by atoms with van der Waals surface area (Å²) in [7, 11) is 0. The largest absolute Gasteiger partial charge is 0.390 e. The molecule has 3 aliphatic rings. The van der Waals surface area contributed by atoms with Crippen LogP contribution in [-0.2, 0) is 4.74 Å². The highest BCUT2D eigenvalue weighted by Crippen LogP contribution is 2.49. The molecule has 0 aromatic heterocycles. The van der Waals surface area contributed by atoms with Gasteiger partial charge in [-0.25, -0.2) is 0 Å². The third kappa shape index (κ3) is 3.46. The molecule has 1 spiro atoms. The average Bonchev–Trinajstić information content (AvgIpc) is 2.63. The number of likely N-dealkylation sites (tertiary alicyclic amines) is 1. The molecule has 1 atom stereocenters. The standard InChI is InChI=1S/C22H26N2O2S2/c1-2-27-17-7-8-21-19(9-17)24(18-5-3-4-6-20(18)28-21)11-16(25)10-23-12-22(13-23)14-26-15-22/h3-9,16,25H,2,10-15H2,1H3. The third-order valence-corrected chi connectivity index (χ3v) is 7.71. The summed E-state index contributed by atoms with van der Waals surface area (Å²) in [5, 5.41) is 10.9. The van der Waals surface area contributed by atoms with Crippen LogP contribution in [0.4, 0.5) is 11.4 Å². The average molecular weight is 415 g/mol. The van der Waals surface area contributed by atoms with Crippen LogP contribution < -0.4 is 4.90 Å². The van der Waals surface area contributed by atoms with Crippen LogP contribution in [-0.4, -0.2) is 61.3 Å². The Balaban J connectivity index is 1.36. The summed E-state index contributed by atoms with van der Waals surface area (Å²) in [5.41, 5.74) is 2.81. The van der Waals surface area contributed by atoms with E-state index in [1.54, 1.807) is 0 Å². The number of hydrogen-bond donors (Lipinski definition) is 1. The smallest absolute Gasteiger partial charge is 0.0845 e. The van der Waals surface area contributed by atoms with Crippen LogP contribution in [0.5, 0.6) is 0 Å². The first-order valence-corrected chi connectivity index (χ1v) is 11.8. The van der Waals surface area contributed by atoms with Gasteiger partial charge in [0.15, 0.2) is 0 Å². The number of ether oxygens (including phenoxy) is 1. The maximum absolute atomic E-state index is 10.9. The molecule has 2 aromatic carbocycles. The van der Waals surface area contributed by atoms with E-state index < -0.39 is 0 Å². The Hall–Kier alpha value is -1.18.